The van der Waals surface area contributed by atoms with Gasteiger partial charge in [-0.05, 0) is 87.1 Å². The van der Waals surface area contributed by atoms with Crippen LogP contribution in [0.4, 0.5) is 9.18 Å². The summed E-state index contributed by atoms with van der Waals surface area (Å²) in [6, 6.07) is 12.4. The number of carbonyl (C=O) groups is 1. The third-order valence-corrected chi connectivity index (χ3v) is 6.61. The van der Waals surface area contributed by atoms with Gasteiger partial charge in [-0.3, -0.25) is 9.47 Å². The SMILES string of the molecule is CC(C)(C)OC(=O)N1Cc2cc(Cl)ccc2-n2c(nnc2C2CC=C(c3ccc(F)cc3)CC2)C1. The van der Waals surface area contributed by atoms with Crippen LogP contribution in [0.5, 0.6) is 0 Å². The number of benzene rings is 2. The lowest BCUT2D eigenvalue weighted by Crippen LogP contribution is -2.35. The molecule has 1 aliphatic heterocycles. The number of allylic oxidation sites excluding steroid dienone is 2. The van der Waals surface area contributed by atoms with E-state index in [9.17, 15) is 9.18 Å². The number of aromatic nitrogens is 3. The van der Waals surface area contributed by atoms with Crippen molar-refractivity contribution in [1.82, 2.24) is 19.7 Å². The topological polar surface area (TPSA) is 60.2 Å². The molecule has 1 unspecified atom stereocenters. The highest BCUT2D eigenvalue weighted by Gasteiger charge is 2.32. The molecule has 0 radical (unpaired) electrons. The summed E-state index contributed by atoms with van der Waals surface area (Å²) in [5, 5.41) is 9.69. The van der Waals surface area contributed by atoms with E-state index in [1.54, 1.807) is 4.90 Å². The minimum Gasteiger partial charge on any atom is -0.444 e. The van der Waals surface area contributed by atoms with Gasteiger partial charge in [0.15, 0.2) is 5.82 Å². The monoisotopic (exact) mass is 494 g/mol. The highest BCUT2D eigenvalue weighted by Crippen LogP contribution is 2.38. The second-order valence-electron chi connectivity index (χ2n) is 10.1. The fraction of sp³-hybridized carbons (Fsp3) is 0.370. The number of amides is 1. The third-order valence-electron chi connectivity index (χ3n) is 6.37. The maximum Gasteiger partial charge on any atom is 0.411 e. The zero-order chi connectivity index (χ0) is 24.7. The summed E-state index contributed by atoms with van der Waals surface area (Å²) < 4.78 is 21.0. The van der Waals surface area contributed by atoms with E-state index in [2.05, 4.69) is 20.8 Å². The van der Waals surface area contributed by atoms with Gasteiger partial charge < -0.3 is 4.74 Å². The van der Waals surface area contributed by atoms with Crippen LogP contribution in [0.15, 0.2) is 48.5 Å². The average Bonchev–Trinajstić information content (AvgIpc) is 3.14. The van der Waals surface area contributed by atoms with Gasteiger partial charge in [-0.1, -0.05) is 29.8 Å². The van der Waals surface area contributed by atoms with Crippen molar-refractivity contribution in [2.24, 2.45) is 0 Å². The van der Waals surface area contributed by atoms with E-state index in [1.807, 2.05) is 51.1 Å². The molecule has 3 aromatic rings. The molecule has 0 spiro atoms. The Balaban J connectivity index is 1.47. The maximum atomic E-state index is 13.3. The third kappa shape index (κ3) is 4.96. The van der Waals surface area contributed by atoms with Crippen LogP contribution in [0, 0.1) is 5.82 Å². The number of hydrogen-bond donors (Lipinski definition) is 0. The first-order valence-corrected chi connectivity index (χ1v) is 12.2. The van der Waals surface area contributed by atoms with Crippen molar-refractivity contribution in [3.05, 3.63) is 82.2 Å². The summed E-state index contributed by atoms with van der Waals surface area (Å²) in [5.41, 5.74) is 3.53. The predicted molar refractivity (Wildman–Crippen MR) is 133 cm³/mol. The Morgan fingerprint density at radius 3 is 2.57 bits per heavy atom. The molecule has 182 valence electrons. The lowest BCUT2D eigenvalue weighted by atomic mass is 9.86. The summed E-state index contributed by atoms with van der Waals surface area (Å²) in [6.07, 6.45) is 4.40. The highest BCUT2D eigenvalue weighted by molar-refractivity contribution is 6.30. The van der Waals surface area contributed by atoms with Gasteiger partial charge >= 0.3 is 6.09 Å². The van der Waals surface area contributed by atoms with Gasteiger partial charge in [0.1, 0.15) is 17.2 Å². The van der Waals surface area contributed by atoms with Crippen LogP contribution in [-0.2, 0) is 17.8 Å². The van der Waals surface area contributed by atoms with Crippen LogP contribution in [0.1, 0.15) is 68.7 Å². The number of nitrogens with zero attached hydrogens (tertiary/aromatic N) is 4. The number of rotatable bonds is 2. The molecule has 1 amide bonds. The molecule has 1 atom stereocenters. The van der Waals surface area contributed by atoms with E-state index in [0.717, 1.165) is 41.9 Å². The standard InChI is InChI=1S/C27H28ClFN4O2/c1-27(2,3)35-26(34)32-15-20-14-21(28)10-13-23(20)33-24(16-32)30-31-25(33)19-6-4-17(5-7-19)18-8-11-22(29)12-9-18/h4,8-14,19H,5-7,15-16H2,1-3H3. The molecule has 6 nitrogen and oxygen atoms in total. The highest BCUT2D eigenvalue weighted by atomic mass is 35.5. The van der Waals surface area contributed by atoms with Gasteiger partial charge in [0.25, 0.3) is 0 Å². The summed E-state index contributed by atoms with van der Waals surface area (Å²) in [7, 11) is 0. The van der Waals surface area contributed by atoms with E-state index >= 15 is 0 Å². The van der Waals surface area contributed by atoms with Crippen LogP contribution in [0.3, 0.4) is 0 Å². The molecule has 0 N–H and O–H groups in total. The summed E-state index contributed by atoms with van der Waals surface area (Å²) in [4.78, 5) is 14.6. The molecular weight excluding hydrogens is 467 g/mol. The van der Waals surface area contributed by atoms with Crippen molar-refractivity contribution in [3.8, 4) is 5.69 Å². The fourth-order valence-electron chi connectivity index (χ4n) is 4.74. The smallest absolute Gasteiger partial charge is 0.411 e. The van der Waals surface area contributed by atoms with Crippen molar-refractivity contribution in [2.75, 3.05) is 0 Å². The number of fused-ring (bicyclic) bond motifs is 3. The molecule has 0 saturated heterocycles. The molecule has 35 heavy (non-hydrogen) atoms. The molecule has 2 heterocycles. The van der Waals surface area contributed by atoms with Gasteiger partial charge in [0, 0.05) is 10.9 Å². The van der Waals surface area contributed by atoms with Gasteiger partial charge in [0.05, 0.1) is 18.8 Å². The Labute approximate surface area is 209 Å². The summed E-state index contributed by atoms with van der Waals surface area (Å²) in [6.45, 7) is 6.21. The second kappa shape index (κ2) is 9.11. The number of ether oxygens (including phenoxy) is 1. The molecule has 2 aromatic carbocycles. The summed E-state index contributed by atoms with van der Waals surface area (Å²) >= 11 is 6.33. The van der Waals surface area contributed by atoms with Crippen LogP contribution in [0.25, 0.3) is 11.3 Å². The van der Waals surface area contributed by atoms with Crippen molar-refractivity contribution in [2.45, 2.75) is 64.6 Å². The Morgan fingerprint density at radius 1 is 1.11 bits per heavy atom. The molecule has 8 heteroatoms. The molecule has 0 saturated carbocycles. The van der Waals surface area contributed by atoms with Gasteiger partial charge in [-0.15, -0.1) is 10.2 Å². The Bertz CT molecular complexity index is 1290. The number of halogens is 2. The molecular formula is C27H28ClFN4O2. The normalized spacial score (nSPS) is 17.8. The minimum absolute atomic E-state index is 0.178. The van der Waals surface area contributed by atoms with Crippen molar-refractivity contribution in [3.63, 3.8) is 0 Å². The van der Waals surface area contributed by atoms with Crippen molar-refractivity contribution in [1.29, 1.82) is 0 Å². The molecule has 1 aliphatic carbocycles. The Kier molecular flexibility index (Phi) is 6.13. The first-order valence-electron chi connectivity index (χ1n) is 11.8. The van der Waals surface area contributed by atoms with Gasteiger partial charge in [0.2, 0.25) is 0 Å². The molecule has 1 aromatic heterocycles. The van der Waals surface area contributed by atoms with E-state index in [4.69, 9.17) is 16.3 Å². The molecule has 2 aliphatic rings. The molecule has 5 rings (SSSR count). The van der Waals surface area contributed by atoms with Crippen molar-refractivity contribution >= 4 is 23.3 Å². The largest absolute Gasteiger partial charge is 0.444 e. The fourth-order valence-corrected chi connectivity index (χ4v) is 4.94. The maximum absolute atomic E-state index is 13.3. The summed E-state index contributed by atoms with van der Waals surface area (Å²) in [5.74, 6) is 1.52. The van der Waals surface area contributed by atoms with E-state index in [1.165, 1.54) is 17.7 Å². The average molecular weight is 495 g/mol. The van der Waals surface area contributed by atoms with E-state index in [0.29, 0.717) is 17.4 Å². The first-order chi connectivity index (χ1) is 16.7. The Morgan fingerprint density at radius 2 is 1.89 bits per heavy atom. The zero-order valence-electron chi connectivity index (χ0n) is 20.1. The lowest BCUT2D eigenvalue weighted by molar-refractivity contribution is 0.0214. The molecule has 0 bridgehead atoms. The van der Waals surface area contributed by atoms with Crippen LogP contribution in [-0.4, -0.2) is 31.4 Å². The van der Waals surface area contributed by atoms with E-state index < -0.39 is 11.7 Å². The zero-order valence-corrected chi connectivity index (χ0v) is 20.8. The van der Waals surface area contributed by atoms with Crippen LogP contribution >= 0.6 is 11.6 Å². The van der Waals surface area contributed by atoms with E-state index in [-0.39, 0.29) is 18.3 Å². The lowest BCUT2D eigenvalue weighted by Gasteiger charge is -2.26. The predicted octanol–water partition coefficient (Wildman–Crippen LogP) is 6.66. The minimum atomic E-state index is -0.601. The first kappa shape index (κ1) is 23.5. The second-order valence-corrected chi connectivity index (χ2v) is 10.6. The van der Waals surface area contributed by atoms with Gasteiger partial charge in [-0.2, -0.15) is 0 Å². The number of hydrogen-bond acceptors (Lipinski definition) is 4. The van der Waals surface area contributed by atoms with Gasteiger partial charge in [-0.25, -0.2) is 9.18 Å². The number of carbonyl (C=O) groups excluding carboxylic acids is 1. The Hall–Kier alpha value is -3.19. The van der Waals surface area contributed by atoms with Crippen LogP contribution in [0.2, 0.25) is 5.02 Å². The van der Waals surface area contributed by atoms with Crippen molar-refractivity contribution < 1.29 is 13.9 Å². The quantitative estimate of drug-likeness (QED) is 0.399. The molecule has 0 fully saturated rings. The van der Waals surface area contributed by atoms with Crippen LogP contribution < -0.4 is 0 Å².